The van der Waals surface area contributed by atoms with E-state index in [2.05, 4.69) is 10.6 Å². The van der Waals surface area contributed by atoms with E-state index < -0.39 is 41.6 Å². The third-order valence-corrected chi connectivity index (χ3v) is 4.94. The van der Waals surface area contributed by atoms with E-state index in [0.717, 1.165) is 5.56 Å². The zero-order chi connectivity index (χ0) is 26.4. The number of hydrogen-bond donors (Lipinski definition) is 3. The number of benzene rings is 2. The van der Waals surface area contributed by atoms with Crippen molar-refractivity contribution in [1.82, 2.24) is 10.6 Å². The summed E-state index contributed by atoms with van der Waals surface area (Å²) in [6.07, 6.45) is -2.66. The molecule has 0 bridgehead atoms. The zero-order valence-corrected chi connectivity index (χ0v) is 21.8. The van der Waals surface area contributed by atoms with Crippen LogP contribution >= 0.6 is 0 Å². The molecule has 3 atom stereocenters. The maximum absolute atomic E-state index is 12.7. The monoisotopic (exact) mass is 486 g/mol. The minimum atomic E-state index is -1.27. The van der Waals surface area contributed by atoms with Crippen molar-refractivity contribution in [3.05, 3.63) is 65.2 Å². The third kappa shape index (κ3) is 9.13. The van der Waals surface area contributed by atoms with E-state index in [-0.39, 0.29) is 0 Å². The molecule has 3 N–H and O–H groups in total. The first-order valence-corrected chi connectivity index (χ1v) is 11.6. The van der Waals surface area contributed by atoms with Crippen LogP contribution in [0.4, 0.5) is 9.59 Å². The lowest BCUT2D eigenvalue weighted by Gasteiger charge is -2.33. The predicted octanol–water partition coefficient (Wildman–Crippen LogP) is 5.20. The molecule has 0 heterocycles. The molecule has 8 heteroatoms. The van der Waals surface area contributed by atoms with Crippen LogP contribution in [0.15, 0.2) is 48.5 Å². The van der Waals surface area contributed by atoms with Crippen molar-refractivity contribution in [2.24, 2.45) is 0 Å². The van der Waals surface area contributed by atoms with Crippen LogP contribution in [0.3, 0.4) is 0 Å². The topological polar surface area (TPSA) is 106 Å². The molecule has 2 rings (SSSR count). The fraction of sp³-hybridized carbons (Fsp3) is 0.481. The molecule has 2 aromatic rings. The molecule has 0 saturated heterocycles. The maximum Gasteiger partial charge on any atom is 0.408 e. The van der Waals surface area contributed by atoms with Gasteiger partial charge in [0, 0.05) is 0 Å². The van der Waals surface area contributed by atoms with Crippen LogP contribution in [0.2, 0.25) is 0 Å². The first-order valence-electron chi connectivity index (χ1n) is 11.6. The number of aliphatic hydroxyl groups is 1. The van der Waals surface area contributed by atoms with Gasteiger partial charge < -0.3 is 30.0 Å². The van der Waals surface area contributed by atoms with Gasteiger partial charge in [0.05, 0.1) is 19.2 Å². The summed E-state index contributed by atoms with van der Waals surface area (Å²) in [5.74, 6) is 0.626. The summed E-state index contributed by atoms with van der Waals surface area (Å²) in [5, 5.41) is 17.1. The lowest BCUT2D eigenvalue weighted by molar-refractivity contribution is 0.0283. The van der Waals surface area contributed by atoms with Crippen LogP contribution in [0.1, 0.15) is 70.3 Å². The van der Waals surface area contributed by atoms with Crippen LogP contribution in [-0.2, 0) is 9.47 Å². The van der Waals surface area contributed by atoms with Crippen molar-refractivity contribution in [2.75, 3.05) is 7.11 Å². The molecule has 0 aromatic heterocycles. The zero-order valence-electron chi connectivity index (χ0n) is 21.8. The van der Waals surface area contributed by atoms with Crippen LogP contribution in [0, 0.1) is 6.92 Å². The number of carbonyl (C=O) groups excluding carboxylic acids is 2. The summed E-state index contributed by atoms with van der Waals surface area (Å²) in [5.41, 5.74) is 0.824. The minimum absolute atomic E-state index is 0.604. The first kappa shape index (κ1) is 28.0. The Hall–Kier alpha value is -3.26. The largest absolute Gasteiger partial charge is 0.497 e. The molecule has 35 heavy (non-hydrogen) atoms. The number of hydrogen-bond acceptors (Lipinski definition) is 6. The Balaban J connectivity index is 2.46. The molecular formula is C27H38N2O6. The van der Waals surface area contributed by atoms with Gasteiger partial charge in [-0.1, -0.05) is 42.0 Å². The molecule has 0 aliphatic rings. The lowest BCUT2D eigenvalue weighted by Crippen LogP contribution is -2.47. The molecule has 2 amide bonds. The third-order valence-electron chi connectivity index (χ3n) is 4.94. The number of amides is 2. The van der Waals surface area contributed by atoms with Crippen LogP contribution in [0.25, 0.3) is 0 Å². The van der Waals surface area contributed by atoms with E-state index in [0.29, 0.717) is 16.9 Å². The van der Waals surface area contributed by atoms with Crippen molar-refractivity contribution in [3.8, 4) is 5.75 Å². The SMILES string of the molecule is COc1ccc([C@@H](NC(=O)OC(C)(C)C)C(O)C(NC(=O)OC(C)(C)C)c2ccc(C)cc2)cc1. The Morgan fingerprint density at radius 1 is 0.743 bits per heavy atom. The van der Waals surface area contributed by atoms with Gasteiger partial charge in [0.15, 0.2) is 0 Å². The second-order valence-corrected chi connectivity index (χ2v) is 10.4. The van der Waals surface area contributed by atoms with Gasteiger partial charge in [-0.3, -0.25) is 0 Å². The van der Waals surface area contributed by atoms with Gasteiger partial charge in [-0.25, -0.2) is 9.59 Å². The van der Waals surface area contributed by atoms with E-state index >= 15 is 0 Å². The van der Waals surface area contributed by atoms with Crippen LogP contribution < -0.4 is 15.4 Å². The maximum atomic E-state index is 12.7. The molecule has 8 nitrogen and oxygen atoms in total. The van der Waals surface area contributed by atoms with Gasteiger partial charge in [-0.05, 0) is 71.7 Å². The van der Waals surface area contributed by atoms with E-state index in [9.17, 15) is 14.7 Å². The predicted molar refractivity (Wildman–Crippen MR) is 134 cm³/mol. The lowest BCUT2D eigenvalue weighted by atomic mass is 9.91. The highest BCUT2D eigenvalue weighted by atomic mass is 16.6. The molecule has 0 aliphatic carbocycles. The number of aryl methyl sites for hydroxylation is 1. The smallest absolute Gasteiger partial charge is 0.408 e. The Kier molecular flexibility index (Phi) is 9.15. The average molecular weight is 487 g/mol. The standard InChI is InChI=1S/C27H38N2O6/c1-17-9-11-18(12-10-17)21(28-24(31)34-26(2,3)4)23(30)22(29-25(32)35-27(5,6)7)19-13-15-20(33-8)16-14-19/h9-16,21-23,30H,1-8H3,(H,28,31)(H,29,32)/t21?,22-,23?/m1/s1. The van der Waals surface area contributed by atoms with Crippen molar-refractivity contribution in [1.29, 1.82) is 0 Å². The summed E-state index contributed by atoms with van der Waals surface area (Å²) in [7, 11) is 1.55. The second kappa shape index (κ2) is 11.4. The van der Waals surface area contributed by atoms with Gasteiger partial charge in [0.2, 0.25) is 0 Å². The summed E-state index contributed by atoms with van der Waals surface area (Å²) in [6.45, 7) is 12.5. The Morgan fingerprint density at radius 2 is 1.11 bits per heavy atom. The Morgan fingerprint density at radius 3 is 1.46 bits per heavy atom. The number of alkyl carbamates (subject to hydrolysis) is 2. The fourth-order valence-electron chi connectivity index (χ4n) is 3.38. The van der Waals surface area contributed by atoms with Gasteiger partial charge >= 0.3 is 12.2 Å². The van der Waals surface area contributed by atoms with Gasteiger partial charge in [0.25, 0.3) is 0 Å². The number of aliphatic hydroxyl groups excluding tert-OH is 1. The highest BCUT2D eigenvalue weighted by molar-refractivity contribution is 5.70. The Labute approximate surface area is 208 Å². The van der Waals surface area contributed by atoms with E-state index in [4.69, 9.17) is 14.2 Å². The number of ether oxygens (including phenoxy) is 3. The second-order valence-electron chi connectivity index (χ2n) is 10.4. The molecule has 0 aliphatic heterocycles. The fourth-order valence-corrected chi connectivity index (χ4v) is 3.38. The minimum Gasteiger partial charge on any atom is -0.497 e. The average Bonchev–Trinajstić information content (AvgIpc) is 2.74. The van der Waals surface area contributed by atoms with E-state index in [1.807, 2.05) is 31.2 Å². The van der Waals surface area contributed by atoms with Crippen molar-refractivity contribution in [3.63, 3.8) is 0 Å². The molecule has 0 radical (unpaired) electrons. The van der Waals surface area contributed by atoms with Crippen LogP contribution in [-0.4, -0.2) is 41.7 Å². The quantitative estimate of drug-likeness (QED) is 0.497. The van der Waals surface area contributed by atoms with Crippen molar-refractivity contribution in [2.45, 2.75) is 77.9 Å². The molecule has 2 unspecified atom stereocenters. The Bertz CT molecular complexity index is 975. The van der Waals surface area contributed by atoms with Crippen molar-refractivity contribution >= 4 is 12.2 Å². The van der Waals surface area contributed by atoms with Crippen LogP contribution in [0.5, 0.6) is 5.75 Å². The highest BCUT2D eigenvalue weighted by Gasteiger charge is 2.34. The summed E-state index contributed by atoms with van der Waals surface area (Å²) >= 11 is 0. The first-order chi connectivity index (χ1) is 16.2. The molecule has 2 aromatic carbocycles. The van der Waals surface area contributed by atoms with Gasteiger partial charge in [-0.15, -0.1) is 0 Å². The summed E-state index contributed by atoms with van der Waals surface area (Å²) < 4.78 is 16.1. The van der Waals surface area contributed by atoms with Gasteiger partial charge in [0.1, 0.15) is 23.1 Å². The highest BCUT2D eigenvalue weighted by Crippen LogP contribution is 2.30. The van der Waals surface area contributed by atoms with Crippen molar-refractivity contribution < 1.29 is 28.9 Å². The number of methoxy groups -OCH3 is 1. The molecule has 0 spiro atoms. The number of carbonyl (C=O) groups is 2. The summed E-state index contributed by atoms with van der Waals surface area (Å²) in [6, 6.07) is 12.5. The number of nitrogens with one attached hydrogen (secondary N) is 2. The molecule has 192 valence electrons. The molecule has 0 saturated carbocycles. The number of rotatable bonds is 7. The molecular weight excluding hydrogens is 448 g/mol. The molecule has 0 fully saturated rings. The normalized spacial score (nSPS) is 14.3. The summed E-state index contributed by atoms with van der Waals surface area (Å²) in [4.78, 5) is 25.4. The van der Waals surface area contributed by atoms with E-state index in [1.54, 1.807) is 72.9 Å². The van der Waals surface area contributed by atoms with Gasteiger partial charge in [-0.2, -0.15) is 0 Å². The van der Waals surface area contributed by atoms with E-state index in [1.165, 1.54) is 0 Å².